The van der Waals surface area contributed by atoms with Gasteiger partial charge in [-0.25, -0.2) is 81.1 Å². The van der Waals surface area contributed by atoms with Gasteiger partial charge in [-0.05, 0) is 178 Å². The molecule has 0 N–H and O–H groups in total. The lowest BCUT2D eigenvalue weighted by Crippen LogP contribution is -2.50. The average Bonchev–Trinajstić information content (AvgIpc) is 1.66. The molecule has 4 saturated heterocycles. The molecular formula is C103H107F4N27O5. The van der Waals surface area contributed by atoms with Crippen LogP contribution in [0.4, 0.5) is 41.0 Å². The number of anilines is 4. The fraction of sp³-hybridized carbons (Fsp3) is 0.311. The molecule has 0 atom stereocenters. The minimum Gasteiger partial charge on any atom is -0.481 e. The molecule has 1 aliphatic carbocycles. The second-order valence-corrected chi connectivity index (χ2v) is 34.7. The average molecular weight is 1880 g/mol. The van der Waals surface area contributed by atoms with Crippen LogP contribution in [0.3, 0.4) is 0 Å². The van der Waals surface area contributed by atoms with Crippen molar-refractivity contribution in [1.29, 1.82) is 0 Å². The summed E-state index contributed by atoms with van der Waals surface area (Å²) in [6.45, 7) is 19.4. The third-order valence-corrected chi connectivity index (χ3v) is 25.2. The van der Waals surface area contributed by atoms with E-state index in [1.54, 1.807) is 133 Å². The van der Waals surface area contributed by atoms with Crippen LogP contribution >= 0.6 is 0 Å². The predicted molar refractivity (Wildman–Crippen MR) is 520 cm³/mol. The minimum atomic E-state index is -0.289. The monoisotopic (exact) mass is 1880 g/mol. The Labute approximate surface area is 802 Å². The Kier molecular flexibility index (Phi) is 30.2. The van der Waals surface area contributed by atoms with Crippen molar-refractivity contribution in [2.24, 2.45) is 0 Å². The SMILES string of the molecule is COc1cc(N2CCN(C(=O)Cn3nc(-c4ccccc4)nc3-c3ccc(F)c(C)c3)CC2)ncn1.Cc1cc(-c2nc(-c3ccccc3)nn2CC(=O)N2CCN(c3ncccn3)CC2)ccc1F.Cc1cc(-c2nc(C3CCCCC3)n(CC(=O)N3CCN(c4cccnn4)CC3)n2)ccc1F.Cc1ccnc(N2CCN(C(=O)Cn3nc(-c4ccccc4)nc3-c3ccc(F)c(C)c3)CC2)c1. The molecule has 0 spiro atoms. The molecule has 8 aromatic heterocycles. The molecule has 712 valence electrons. The summed E-state index contributed by atoms with van der Waals surface area (Å²) in [5.74, 6) is 7.47. The number of halogens is 4. The lowest BCUT2D eigenvalue weighted by atomic mass is 9.88. The quantitative estimate of drug-likeness (QED) is 0.0603. The topological polar surface area (TPSA) is 316 Å². The molecule has 1 saturated carbocycles. The number of benzene rings is 7. The first-order valence-electron chi connectivity index (χ1n) is 46.6. The summed E-state index contributed by atoms with van der Waals surface area (Å²) in [5.41, 5.74) is 8.74. The number of aromatic nitrogens is 19. The van der Waals surface area contributed by atoms with E-state index >= 15 is 0 Å². The third kappa shape index (κ3) is 23.4. The normalized spacial score (nSPS) is 14.6. The maximum Gasteiger partial charge on any atom is 0.244 e. The molecule has 5 fully saturated rings. The first-order valence-corrected chi connectivity index (χ1v) is 46.6. The zero-order valence-corrected chi connectivity index (χ0v) is 78.3. The number of methoxy groups -OCH3 is 1. The maximum atomic E-state index is 13.9. The highest BCUT2D eigenvalue weighted by Gasteiger charge is 2.33. The van der Waals surface area contributed by atoms with E-state index in [1.807, 2.05) is 142 Å². The maximum absolute atomic E-state index is 13.9. The molecular weight excluding hydrogens is 1770 g/mol. The Hall–Kier alpha value is -15.9. The highest BCUT2D eigenvalue weighted by Crippen LogP contribution is 2.35. The van der Waals surface area contributed by atoms with Gasteiger partial charge in [0.2, 0.25) is 35.5 Å². The van der Waals surface area contributed by atoms with E-state index < -0.39 is 0 Å². The summed E-state index contributed by atoms with van der Waals surface area (Å²) >= 11 is 0. The molecule has 7 aromatic carbocycles. The summed E-state index contributed by atoms with van der Waals surface area (Å²) in [5, 5.41) is 26.8. The van der Waals surface area contributed by atoms with Crippen LogP contribution in [0.1, 0.15) is 71.7 Å². The predicted octanol–water partition coefficient (Wildman–Crippen LogP) is 14.1. The number of hydrogen-bond acceptors (Lipinski definition) is 24. The summed E-state index contributed by atoms with van der Waals surface area (Å²) in [6, 6.07) is 59.6. The van der Waals surface area contributed by atoms with Crippen LogP contribution < -0.4 is 24.3 Å². The largest absolute Gasteiger partial charge is 0.481 e. The molecule has 12 heterocycles. The van der Waals surface area contributed by atoms with E-state index in [9.17, 15) is 36.7 Å². The van der Waals surface area contributed by atoms with Gasteiger partial charge in [0, 0.05) is 180 Å². The van der Waals surface area contributed by atoms with Crippen LogP contribution in [-0.4, -0.2) is 249 Å². The molecule has 15 aromatic rings. The Morgan fingerprint density at radius 1 is 0.331 bits per heavy atom. The number of nitrogens with zero attached hydrogens (tertiary/aromatic N) is 27. The summed E-state index contributed by atoms with van der Waals surface area (Å²) in [7, 11) is 1.57. The molecule has 20 rings (SSSR count). The van der Waals surface area contributed by atoms with Gasteiger partial charge < -0.3 is 43.9 Å². The number of aryl methyl sites for hydroxylation is 5. The minimum absolute atomic E-state index is 0.0218. The van der Waals surface area contributed by atoms with E-state index in [1.165, 1.54) is 49.9 Å². The lowest BCUT2D eigenvalue weighted by molar-refractivity contribution is -0.133. The van der Waals surface area contributed by atoms with Crippen molar-refractivity contribution < 1.29 is 41.5 Å². The van der Waals surface area contributed by atoms with Crippen LogP contribution in [0.5, 0.6) is 5.88 Å². The second kappa shape index (κ2) is 44.3. The molecule has 0 unspecified atom stereocenters. The van der Waals surface area contributed by atoms with Crippen molar-refractivity contribution in [2.45, 2.75) is 98.8 Å². The first-order chi connectivity index (χ1) is 67.6. The third-order valence-electron chi connectivity index (χ3n) is 25.2. The summed E-state index contributed by atoms with van der Waals surface area (Å²) in [4.78, 5) is 109. The highest BCUT2D eigenvalue weighted by molar-refractivity contribution is 5.80. The van der Waals surface area contributed by atoms with Crippen LogP contribution in [-0.2, 0) is 45.4 Å². The van der Waals surface area contributed by atoms with Crippen molar-refractivity contribution in [3.8, 4) is 85.6 Å². The Bertz CT molecular complexity index is 6740. The van der Waals surface area contributed by atoms with E-state index in [4.69, 9.17) is 29.8 Å². The fourth-order valence-electron chi connectivity index (χ4n) is 17.4. The van der Waals surface area contributed by atoms with Crippen LogP contribution in [0.2, 0.25) is 0 Å². The van der Waals surface area contributed by atoms with E-state index in [0.29, 0.717) is 170 Å². The smallest absolute Gasteiger partial charge is 0.244 e. The van der Waals surface area contributed by atoms with Gasteiger partial charge in [0.25, 0.3) is 0 Å². The Balaban J connectivity index is 0.000000128. The highest BCUT2D eigenvalue weighted by atomic mass is 19.1. The Morgan fingerprint density at radius 2 is 0.705 bits per heavy atom. The van der Waals surface area contributed by atoms with E-state index in [0.717, 1.165) is 95.7 Å². The van der Waals surface area contributed by atoms with E-state index in [-0.39, 0.29) is 73.1 Å². The number of piperazine rings is 4. The number of ether oxygens (including phenoxy) is 1. The number of carbonyl (C=O) groups is 4. The molecule has 0 bridgehead atoms. The van der Waals surface area contributed by atoms with Crippen molar-refractivity contribution in [2.75, 3.05) is 131 Å². The number of amides is 4. The van der Waals surface area contributed by atoms with Gasteiger partial charge in [-0.3, -0.25) is 19.2 Å². The van der Waals surface area contributed by atoms with Gasteiger partial charge in [-0.2, -0.15) is 10.2 Å². The molecule has 4 aliphatic heterocycles. The van der Waals surface area contributed by atoms with Gasteiger partial charge >= 0.3 is 0 Å². The van der Waals surface area contributed by atoms with Crippen LogP contribution in [0, 0.1) is 57.9 Å². The standard InChI is InChI=1S/C27H27FN6O.C26H26FN7O2.C25H24FN7O.C25H30FN7O/c1-19-10-11-29-24(16-19)32-12-14-33(15-13-32)25(35)18-34-27(22-8-9-23(28)20(2)17-22)30-26(31-34)21-6-4-3-5-7-21;1-18-14-20(8-9-21(18)27)26-30-25(19-6-4-3-5-7-19)31-34(26)16-24(35)33-12-10-32(11-13-33)22-15-23(36-2)29-17-28-22;1-18-16-20(8-9-21(18)26)24-29-23(19-6-3-2-4-7-19)30-33(24)17-22(34)31-12-14-32(15-13-31)25-27-10-5-11-28-25;1-18-16-20(9-10-21(18)26)24-28-25(19-6-3-2-4-7-19)33(30-24)17-23(34)32-14-12-31(13-15-32)22-8-5-11-27-29-22/h3-11,16-17H,12-15,18H2,1-2H3;3-9,14-15,17H,10-13,16H2,1-2H3;2-11,16H,12-15,17H2,1H3;5,8-11,16,19H,2-4,6-7,12-15,17H2,1H3. The molecule has 32 nitrogen and oxygen atoms in total. The van der Waals surface area contributed by atoms with Gasteiger partial charge in [0.05, 0.1) is 7.11 Å². The molecule has 4 amide bonds. The fourth-order valence-corrected chi connectivity index (χ4v) is 17.4. The molecule has 139 heavy (non-hydrogen) atoms. The van der Waals surface area contributed by atoms with Gasteiger partial charge in [0.15, 0.2) is 46.6 Å². The molecule has 5 aliphatic rings. The number of hydrogen-bond donors (Lipinski definition) is 0. The second-order valence-electron chi connectivity index (χ2n) is 34.7. The van der Waals surface area contributed by atoms with Gasteiger partial charge in [0.1, 0.15) is 73.2 Å². The van der Waals surface area contributed by atoms with Crippen LogP contribution in [0.15, 0.2) is 231 Å². The number of pyridine rings is 1. The summed E-state index contributed by atoms with van der Waals surface area (Å²) < 4.78 is 67.3. The van der Waals surface area contributed by atoms with E-state index in [2.05, 4.69) is 76.1 Å². The van der Waals surface area contributed by atoms with Crippen molar-refractivity contribution in [3.63, 3.8) is 0 Å². The molecule has 0 radical (unpaired) electrons. The van der Waals surface area contributed by atoms with Gasteiger partial charge in [-0.1, -0.05) is 110 Å². The Morgan fingerprint density at radius 3 is 1.10 bits per heavy atom. The zero-order valence-electron chi connectivity index (χ0n) is 78.3. The first kappa shape index (κ1) is 94.8. The van der Waals surface area contributed by atoms with Crippen molar-refractivity contribution in [3.05, 3.63) is 288 Å². The van der Waals surface area contributed by atoms with Crippen molar-refractivity contribution in [1.82, 2.24) is 114 Å². The summed E-state index contributed by atoms with van der Waals surface area (Å²) in [6.07, 6.45) is 14.1. The zero-order chi connectivity index (χ0) is 96.4. The number of rotatable bonds is 21. The lowest BCUT2D eigenvalue weighted by Gasteiger charge is -2.35. The number of carbonyl (C=O) groups excluding carboxylic acids is 4. The van der Waals surface area contributed by atoms with Crippen molar-refractivity contribution >= 4 is 47.0 Å². The van der Waals surface area contributed by atoms with Crippen LogP contribution in [0.25, 0.3) is 79.7 Å². The van der Waals surface area contributed by atoms with Gasteiger partial charge in [-0.15, -0.1) is 20.4 Å². The molecule has 36 heteroatoms.